The smallest absolute Gasteiger partial charge is 0.323 e. The lowest BCUT2D eigenvalue weighted by molar-refractivity contribution is -0.138. The summed E-state index contributed by atoms with van der Waals surface area (Å²) >= 11 is 0. The largest absolute Gasteiger partial charge is 0.492 e. The second-order valence-corrected chi connectivity index (χ2v) is 4.64. The van der Waals surface area contributed by atoms with E-state index in [-0.39, 0.29) is 12.6 Å². The Labute approximate surface area is 124 Å². The average Bonchev–Trinajstić information content (AvgIpc) is 2.46. The third-order valence-electron chi connectivity index (χ3n) is 3.12. The number of aliphatic carboxylic acids is 1. The fourth-order valence-electron chi connectivity index (χ4n) is 1.83. The number of carboxylic acid groups (broad SMARTS) is 1. The van der Waals surface area contributed by atoms with Crippen molar-refractivity contribution in [2.24, 2.45) is 0 Å². The molecule has 0 radical (unpaired) electrons. The highest BCUT2D eigenvalue weighted by Crippen LogP contribution is 2.24. The highest BCUT2D eigenvalue weighted by atomic mass is 16.5. The van der Waals surface area contributed by atoms with Crippen LogP contribution in [0.1, 0.15) is 27.2 Å². The van der Waals surface area contributed by atoms with Crippen LogP contribution >= 0.6 is 0 Å². The molecular formula is C15H22N2O4. The van der Waals surface area contributed by atoms with Gasteiger partial charge in [0.25, 0.3) is 0 Å². The predicted molar refractivity (Wildman–Crippen MR) is 80.7 cm³/mol. The zero-order valence-electron chi connectivity index (χ0n) is 12.6. The molecule has 21 heavy (non-hydrogen) atoms. The van der Waals surface area contributed by atoms with Crippen molar-refractivity contribution in [1.29, 1.82) is 0 Å². The molecule has 2 N–H and O–H groups in total. The van der Waals surface area contributed by atoms with Crippen molar-refractivity contribution in [3.63, 3.8) is 0 Å². The number of nitrogens with one attached hydrogen (secondary N) is 1. The second kappa shape index (κ2) is 8.14. The number of anilines is 1. The van der Waals surface area contributed by atoms with E-state index in [9.17, 15) is 9.59 Å². The van der Waals surface area contributed by atoms with E-state index in [1.54, 1.807) is 18.2 Å². The number of nitrogens with zero attached hydrogens (tertiary/aromatic N) is 1. The van der Waals surface area contributed by atoms with Gasteiger partial charge in [-0.3, -0.25) is 4.79 Å². The summed E-state index contributed by atoms with van der Waals surface area (Å²) in [6.07, 6.45) is 0.674. The first-order chi connectivity index (χ1) is 9.99. The van der Waals surface area contributed by atoms with E-state index in [1.165, 1.54) is 4.90 Å². The number of hydrogen-bond acceptors (Lipinski definition) is 3. The van der Waals surface area contributed by atoms with E-state index < -0.39 is 12.0 Å². The first kappa shape index (κ1) is 16.8. The van der Waals surface area contributed by atoms with Gasteiger partial charge in [-0.25, -0.2) is 4.79 Å². The van der Waals surface area contributed by atoms with Crippen LogP contribution < -0.4 is 10.1 Å². The van der Waals surface area contributed by atoms with Gasteiger partial charge in [0.1, 0.15) is 12.3 Å². The Morgan fingerprint density at radius 2 is 2.00 bits per heavy atom. The van der Waals surface area contributed by atoms with Crippen LogP contribution in [0.2, 0.25) is 0 Å². The predicted octanol–water partition coefficient (Wildman–Crippen LogP) is 2.80. The summed E-state index contributed by atoms with van der Waals surface area (Å²) in [5, 5.41) is 11.7. The summed E-state index contributed by atoms with van der Waals surface area (Å²) in [5.74, 6) is -0.476. The van der Waals surface area contributed by atoms with Crippen LogP contribution in [0.15, 0.2) is 24.3 Å². The van der Waals surface area contributed by atoms with Gasteiger partial charge in [0, 0.05) is 6.04 Å². The van der Waals surface area contributed by atoms with Gasteiger partial charge in [-0.05, 0) is 32.4 Å². The monoisotopic (exact) mass is 294 g/mol. The van der Waals surface area contributed by atoms with Gasteiger partial charge in [-0.1, -0.05) is 19.1 Å². The van der Waals surface area contributed by atoms with Crippen LogP contribution in [0, 0.1) is 0 Å². The minimum Gasteiger partial charge on any atom is -0.492 e. The van der Waals surface area contributed by atoms with E-state index in [0.29, 0.717) is 24.5 Å². The topological polar surface area (TPSA) is 78.9 Å². The van der Waals surface area contributed by atoms with Crippen molar-refractivity contribution in [1.82, 2.24) is 4.90 Å². The number of benzene rings is 1. The molecule has 0 aliphatic rings. The number of carbonyl (C=O) groups excluding carboxylic acids is 1. The summed E-state index contributed by atoms with van der Waals surface area (Å²) in [4.78, 5) is 24.5. The maximum atomic E-state index is 12.3. The van der Waals surface area contributed by atoms with Gasteiger partial charge in [0.05, 0.1) is 12.3 Å². The molecule has 0 saturated heterocycles. The van der Waals surface area contributed by atoms with Gasteiger partial charge in [-0.2, -0.15) is 0 Å². The summed E-state index contributed by atoms with van der Waals surface area (Å²) in [6, 6.07) is 6.45. The maximum absolute atomic E-state index is 12.3. The Hall–Kier alpha value is -2.24. The molecule has 0 aromatic heterocycles. The first-order valence-electron chi connectivity index (χ1n) is 7.00. The molecule has 0 spiro atoms. The van der Waals surface area contributed by atoms with Gasteiger partial charge in [0.2, 0.25) is 0 Å². The Bertz CT molecular complexity index is 490. The summed E-state index contributed by atoms with van der Waals surface area (Å²) in [6.45, 7) is 5.72. The number of hydrogen-bond donors (Lipinski definition) is 2. The van der Waals surface area contributed by atoms with Crippen molar-refractivity contribution in [3.05, 3.63) is 24.3 Å². The molecule has 0 heterocycles. The second-order valence-electron chi connectivity index (χ2n) is 4.64. The minimum absolute atomic E-state index is 0.166. The SMILES string of the molecule is CCOc1ccccc1NC(=O)N(CC(=O)O)C(C)CC. The lowest BCUT2D eigenvalue weighted by Gasteiger charge is -2.27. The van der Waals surface area contributed by atoms with E-state index in [4.69, 9.17) is 9.84 Å². The molecule has 0 saturated carbocycles. The summed E-state index contributed by atoms with van der Waals surface area (Å²) in [7, 11) is 0. The summed E-state index contributed by atoms with van der Waals surface area (Å²) in [5.41, 5.74) is 0.531. The number of carboxylic acids is 1. The third-order valence-corrected chi connectivity index (χ3v) is 3.12. The Balaban J connectivity index is 2.88. The van der Waals surface area contributed by atoms with Crippen LogP contribution in [0.3, 0.4) is 0 Å². The van der Waals surface area contributed by atoms with Crippen molar-refractivity contribution in [2.75, 3.05) is 18.5 Å². The number of carbonyl (C=O) groups is 2. The van der Waals surface area contributed by atoms with Crippen molar-refractivity contribution in [3.8, 4) is 5.75 Å². The number of rotatable bonds is 7. The number of ether oxygens (including phenoxy) is 1. The molecule has 1 aromatic rings. The maximum Gasteiger partial charge on any atom is 0.323 e. The molecule has 1 unspecified atom stereocenters. The molecule has 0 fully saturated rings. The van der Waals surface area contributed by atoms with E-state index >= 15 is 0 Å². The average molecular weight is 294 g/mol. The zero-order chi connectivity index (χ0) is 15.8. The number of amides is 2. The Morgan fingerprint density at radius 3 is 2.57 bits per heavy atom. The van der Waals surface area contributed by atoms with Crippen molar-refractivity contribution in [2.45, 2.75) is 33.2 Å². The molecule has 1 aromatic carbocycles. The Kier molecular flexibility index (Phi) is 6.52. The molecule has 2 amide bonds. The molecule has 1 atom stereocenters. The molecule has 1 rings (SSSR count). The lowest BCUT2D eigenvalue weighted by atomic mass is 10.2. The van der Waals surface area contributed by atoms with Crippen molar-refractivity contribution >= 4 is 17.7 Å². The third kappa shape index (κ3) is 4.98. The highest BCUT2D eigenvalue weighted by Gasteiger charge is 2.22. The lowest BCUT2D eigenvalue weighted by Crippen LogP contribution is -2.44. The van der Waals surface area contributed by atoms with Crippen LogP contribution in [0.4, 0.5) is 10.5 Å². The zero-order valence-corrected chi connectivity index (χ0v) is 12.6. The molecule has 6 heteroatoms. The standard InChI is InChI=1S/C15H22N2O4/c1-4-11(3)17(10-14(18)19)15(20)16-12-8-6-7-9-13(12)21-5-2/h6-9,11H,4-5,10H2,1-3H3,(H,16,20)(H,18,19). The van der Waals surface area contributed by atoms with Crippen molar-refractivity contribution < 1.29 is 19.4 Å². The molecule has 116 valence electrons. The van der Waals surface area contributed by atoms with Crippen LogP contribution in [0.5, 0.6) is 5.75 Å². The van der Waals surface area contributed by atoms with Crippen LogP contribution in [0.25, 0.3) is 0 Å². The fraction of sp³-hybridized carbons (Fsp3) is 0.467. The number of para-hydroxylation sites is 2. The number of urea groups is 1. The van der Waals surface area contributed by atoms with Gasteiger partial charge < -0.3 is 20.1 Å². The highest BCUT2D eigenvalue weighted by molar-refractivity contribution is 5.92. The van der Waals surface area contributed by atoms with E-state index in [1.807, 2.05) is 26.8 Å². The van der Waals surface area contributed by atoms with E-state index in [0.717, 1.165) is 0 Å². The molecular weight excluding hydrogens is 272 g/mol. The quantitative estimate of drug-likeness (QED) is 0.810. The first-order valence-corrected chi connectivity index (χ1v) is 7.00. The van der Waals surface area contributed by atoms with Gasteiger partial charge in [-0.15, -0.1) is 0 Å². The van der Waals surface area contributed by atoms with Gasteiger partial charge >= 0.3 is 12.0 Å². The minimum atomic E-state index is -1.04. The molecule has 0 aliphatic heterocycles. The normalized spacial score (nSPS) is 11.6. The molecule has 6 nitrogen and oxygen atoms in total. The van der Waals surface area contributed by atoms with Crippen LogP contribution in [-0.4, -0.2) is 41.2 Å². The summed E-state index contributed by atoms with van der Waals surface area (Å²) < 4.78 is 5.44. The van der Waals surface area contributed by atoms with E-state index in [2.05, 4.69) is 5.32 Å². The molecule has 0 aliphatic carbocycles. The van der Waals surface area contributed by atoms with Gasteiger partial charge in [0.15, 0.2) is 0 Å². The molecule has 0 bridgehead atoms. The van der Waals surface area contributed by atoms with Crippen LogP contribution in [-0.2, 0) is 4.79 Å². The fourth-order valence-corrected chi connectivity index (χ4v) is 1.83. The Morgan fingerprint density at radius 1 is 1.33 bits per heavy atom.